The lowest BCUT2D eigenvalue weighted by molar-refractivity contribution is -0.119. The summed E-state index contributed by atoms with van der Waals surface area (Å²) in [5, 5.41) is 2.57. The molecule has 2 aromatic carbocycles. The number of esters is 1. The number of carbonyl (C=O) groups is 2. The topological polar surface area (TPSA) is 111 Å². The number of hydrogen-bond acceptors (Lipinski definition) is 6. The van der Waals surface area contributed by atoms with Gasteiger partial charge in [0.1, 0.15) is 10.6 Å². The lowest BCUT2D eigenvalue weighted by Crippen LogP contribution is -2.22. The molecule has 26 heavy (non-hydrogen) atoms. The van der Waals surface area contributed by atoms with Crippen molar-refractivity contribution < 1.29 is 27.5 Å². The lowest BCUT2D eigenvalue weighted by atomic mass is 10.2. The molecular weight excluding hydrogens is 360 g/mol. The van der Waals surface area contributed by atoms with E-state index in [2.05, 4.69) is 10.0 Å². The van der Waals surface area contributed by atoms with Crippen molar-refractivity contribution in [3.63, 3.8) is 0 Å². The van der Waals surface area contributed by atoms with E-state index in [0.717, 1.165) is 6.07 Å². The fraction of sp³-hybridized carbons (Fsp3) is 0.176. The molecule has 0 aliphatic heterocycles. The molecule has 0 aromatic heterocycles. The molecule has 0 fully saturated rings. The molecular formula is C17H18N2O6S. The molecule has 0 unspecified atom stereocenters. The zero-order chi connectivity index (χ0) is 19.2. The van der Waals surface area contributed by atoms with E-state index in [1.54, 1.807) is 30.3 Å². The molecule has 2 aromatic rings. The number of ether oxygens (including phenoxy) is 2. The Labute approximate surface area is 151 Å². The van der Waals surface area contributed by atoms with Crippen LogP contribution in [0.5, 0.6) is 5.75 Å². The van der Waals surface area contributed by atoms with Crippen LogP contribution in [0.3, 0.4) is 0 Å². The van der Waals surface area contributed by atoms with Gasteiger partial charge in [-0.05, 0) is 37.4 Å². The maximum absolute atomic E-state index is 12.1. The number of anilines is 1. The van der Waals surface area contributed by atoms with Crippen molar-refractivity contribution in [1.82, 2.24) is 4.72 Å². The van der Waals surface area contributed by atoms with Gasteiger partial charge in [0.15, 0.2) is 6.61 Å². The number of hydrogen-bond donors (Lipinski definition) is 2. The van der Waals surface area contributed by atoms with E-state index in [1.807, 2.05) is 0 Å². The highest BCUT2D eigenvalue weighted by Crippen LogP contribution is 2.25. The Morgan fingerprint density at radius 3 is 2.38 bits per heavy atom. The number of rotatable bonds is 7. The average Bonchev–Trinajstić information content (AvgIpc) is 2.66. The number of amides is 1. The SMILES string of the molecule is CNS(=O)(=O)c1cc(C(=O)OCC(=O)Nc2ccccc2)ccc1OC. The molecule has 0 aliphatic carbocycles. The minimum absolute atomic E-state index is 0.0212. The van der Waals surface area contributed by atoms with Crippen molar-refractivity contribution >= 4 is 27.6 Å². The van der Waals surface area contributed by atoms with Gasteiger partial charge in [0.25, 0.3) is 5.91 Å². The normalized spacial score (nSPS) is 10.8. The van der Waals surface area contributed by atoms with Gasteiger partial charge in [0.05, 0.1) is 12.7 Å². The molecule has 138 valence electrons. The van der Waals surface area contributed by atoms with E-state index in [1.165, 1.54) is 26.3 Å². The highest BCUT2D eigenvalue weighted by molar-refractivity contribution is 7.89. The van der Waals surface area contributed by atoms with Gasteiger partial charge < -0.3 is 14.8 Å². The fourth-order valence-corrected chi connectivity index (χ4v) is 2.97. The largest absolute Gasteiger partial charge is 0.495 e. The quantitative estimate of drug-likeness (QED) is 0.705. The van der Waals surface area contributed by atoms with Gasteiger partial charge in [-0.25, -0.2) is 17.9 Å². The number of benzene rings is 2. The first-order valence-corrected chi connectivity index (χ1v) is 8.99. The molecule has 2 rings (SSSR count). The predicted octanol–water partition coefficient (Wildman–Crippen LogP) is 1.40. The van der Waals surface area contributed by atoms with Crippen LogP contribution in [0, 0.1) is 0 Å². The fourth-order valence-electron chi connectivity index (χ4n) is 2.06. The molecule has 8 nitrogen and oxygen atoms in total. The van der Waals surface area contributed by atoms with Gasteiger partial charge in [-0.15, -0.1) is 0 Å². The van der Waals surface area contributed by atoms with Crippen molar-refractivity contribution in [3.05, 3.63) is 54.1 Å². The van der Waals surface area contributed by atoms with Crippen molar-refractivity contribution in [2.75, 3.05) is 26.1 Å². The van der Waals surface area contributed by atoms with Crippen LogP contribution in [0.15, 0.2) is 53.4 Å². The van der Waals surface area contributed by atoms with Gasteiger partial charge >= 0.3 is 5.97 Å². The summed E-state index contributed by atoms with van der Waals surface area (Å²) in [4.78, 5) is 23.7. The van der Waals surface area contributed by atoms with Crippen molar-refractivity contribution in [2.24, 2.45) is 0 Å². The van der Waals surface area contributed by atoms with Crippen molar-refractivity contribution in [1.29, 1.82) is 0 Å². The van der Waals surface area contributed by atoms with Crippen LogP contribution in [0.4, 0.5) is 5.69 Å². The van der Waals surface area contributed by atoms with E-state index < -0.39 is 28.5 Å². The molecule has 0 saturated carbocycles. The van der Waals surface area contributed by atoms with E-state index in [0.29, 0.717) is 5.69 Å². The highest BCUT2D eigenvalue weighted by atomic mass is 32.2. The molecule has 9 heteroatoms. The van der Waals surface area contributed by atoms with Crippen LogP contribution in [-0.4, -0.2) is 41.1 Å². The van der Waals surface area contributed by atoms with Gasteiger partial charge in [-0.1, -0.05) is 18.2 Å². The van der Waals surface area contributed by atoms with Crippen LogP contribution in [0.2, 0.25) is 0 Å². The van der Waals surface area contributed by atoms with Crippen molar-refractivity contribution in [3.8, 4) is 5.75 Å². The van der Waals surface area contributed by atoms with Gasteiger partial charge in [-0.3, -0.25) is 4.79 Å². The molecule has 0 atom stereocenters. The Morgan fingerprint density at radius 2 is 1.77 bits per heavy atom. The second-order valence-corrected chi connectivity index (χ2v) is 6.92. The van der Waals surface area contributed by atoms with Gasteiger partial charge in [0, 0.05) is 5.69 Å². The summed E-state index contributed by atoms with van der Waals surface area (Å²) in [6.07, 6.45) is 0. The second kappa shape index (κ2) is 8.45. The predicted molar refractivity (Wildman–Crippen MR) is 94.6 cm³/mol. The Kier molecular flexibility index (Phi) is 6.31. The molecule has 0 radical (unpaired) electrons. The van der Waals surface area contributed by atoms with E-state index >= 15 is 0 Å². The molecule has 0 bridgehead atoms. The number of methoxy groups -OCH3 is 1. The van der Waals surface area contributed by atoms with E-state index in [4.69, 9.17) is 9.47 Å². The zero-order valence-corrected chi connectivity index (χ0v) is 15.0. The number of nitrogens with one attached hydrogen (secondary N) is 2. The van der Waals surface area contributed by atoms with Crippen LogP contribution in [0.25, 0.3) is 0 Å². The maximum atomic E-state index is 12.1. The van der Waals surface area contributed by atoms with Gasteiger partial charge in [0.2, 0.25) is 10.0 Å². The number of sulfonamides is 1. The molecule has 2 N–H and O–H groups in total. The Morgan fingerprint density at radius 1 is 1.08 bits per heavy atom. The molecule has 0 saturated heterocycles. The highest BCUT2D eigenvalue weighted by Gasteiger charge is 2.21. The summed E-state index contributed by atoms with van der Waals surface area (Å²) in [5.74, 6) is -1.26. The minimum atomic E-state index is -3.83. The third-order valence-corrected chi connectivity index (χ3v) is 4.78. The summed E-state index contributed by atoms with van der Waals surface area (Å²) in [6, 6.07) is 12.5. The van der Waals surface area contributed by atoms with E-state index in [9.17, 15) is 18.0 Å². The molecule has 0 heterocycles. The third-order valence-electron chi connectivity index (χ3n) is 3.35. The third kappa shape index (κ3) is 4.80. The summed E-state index contributed by atoms with van der Waals surface area (Å²) in [5.41, 5.74) is 0.549. The van der Waals surface area contributed by atoms with E-state index in [-0.39, 0.29) is 16.2 Å². The first-order chi connectivity index (χ1) is 12.4. The summed E-state index contributed by atoms with van der Waals surface area (Å²) in [6.45, 7) is -0.506. The Balaban J connectivity index is 2.07. The maximum Gasteiger partial charge on any atom is 0.338 e. The number of carbonyl (C=O) groups excluding carboxylic acids is 2. The number of para-hydroxylation sites is 1. The van der Waals surface area contributed by atoms with Crippen molar-refractivity contribution in [2.45, 2.75) is 4.90 Å². The van der Waals surface area contributed by atoms with Gasteiger partial charge in [-0.2, -0.15) is 0 Å². The summed E-state index contributed by atoms with van der Waals surface area (Å²) >= 11 is 0. The Hall–Kier alpha value is -2.91. The second-order valence-electron chi connectivity index (χ2n) is 5.06. The minimum Gasteiger partial charge on any atom is -0.495 e. The Bertz CT molecular complexity index is 897. The van der Waals surface area contributed by atoms with Crippen LogP contribution in [0.1, 0.15) is 10.4 Å². The average molecular weight is 378 g/mol. The zero-order valence-electron chi connectivity index (χ0n) is 14.2. The molecule has 1 amide bonds. The first-order valence-electron chi connectivity index (χ1n) is 7.51. The monoisotopic (exact) mass is 378 g/mol. The summed E-state index contributed by atoms with van der Waals surface area (Å²) in [7, 11) is -1.27. The van der Waals surface area contributed by atoms with Crippen LogP contribution < -0.4 is 14.8 Å². The standard InChI is InChI=1S/C17H18N2O6S/c1-18-26(22,23)15-10-12(8-9-14(15)24-2)17(21)25-11-16(20)19-13-6-4-3-5-7-13/h3-10,18H,11H2,1-2H3,(H,19,20). The summed E-state index contributed by atoms with van der Waals surface area (Å²) < 4.78 is 36.1. The molecule has 0 aliphatic rings. The van der Waals surface area contributed by atoms with Crippen LogP contribution in [-0.2, 0) is 19.6 Å². The lowest BCUT2D eigenvalue weighted by Gasteiger charge is -2.11. The molecule has 0 spiro atoms. The van der Waals surface area contributed by atoms with Crippen LogP contribution >= 0.6 is 0 Å². The smallest absolute Gasteiger partial charge is 0.338 e. The first kappa shape index (κ1) is 19.4.